The second-order valence-corrected chi connectivity index (χ2v) is 7.48. The molecule has 0 atom stereocenters. The van der Waals surface area contributed by atoms with Gasteiger partial charge in [-0.1, -0.05) is 19.8 Å². The van der Waals surface area contributed by atoms with Gasteiger partial charge >= 0.3 is 0 Å². The van der Waals surface area contributed by atoms with Gasteiger partial charge in [0.05, 0.1) is 5.69 Å². The van der Waals surface area contributed by atoms with Gasteiger partial charge in [0.1, 0.15) is 4.90 Å². The topological polar surface area (TPSA) is 63.4 Å². The van der Waals surface area contributed by atoms with E-state index < -0.39 is 10.0 Å². The number of nitrogen functional groups attached to an aromatic ring is 1. The van der Waals surface area contributed by atoms with Crippen molar-refractivity contribution in [1.82, 2.24) is 4.31 Å². The van der Waals surface area contributed by atoms with E-state index >= 15 is 0 Å². The Morgan fingerprint density at radius 3 is 2.30 bits per heavy atom. The predicted molar refractivity (Wildman–Crippen MR) is 82.2 cm³/mol. The summed E-state index contributed by atoms with van der Waals surface area (Å²) in [6.45, 7) is 6.25. The minimum absolute atomic E-state index is 0.131. The molecule has 20 heavy (non-hydrogen) atoms. The van der Waals surface area contributed by atoms with Crippen molar-refractivity contribution in [1.29, 1.82) is 0 Å². The Hall–Kier alpha value is -1.07. The first kappa shape index (κ1) is 15.3. The zero-order valence-corrected chi connectivity index (χ0v) is 13.3. The Labute approximate surface area is 122 Å². The molecule has 0 bridgehead atoms. The van der Waals surface area contributed by atoms with Crippen LogP contribution in [-0.4, -0.2) is 25.3 Å². The van der Waals surface area contributed by atoms with Crippen LogP contribution in [0.15, 0.2) is 17.0 Å². The Kier molecular flexibility index (Phi) is 4.39. The molecule has 1 aromatic rings. The molecule has 1 fully saturated rings. The summed E-state index contributed by atoms with van der Waals surface area (Å²) in [5.74, 6) is 0. The van der Waals surface area contributed by atoms with E-state index in [1.807, 2.05) is 20.8 Å². The van der Waals surface area contributed by atoms with Crippen molar-refractivity contribution in [2.24, 2.45) is 0 Å². The number of anilines is 1. The van der Waals surface area contributed by atoms with Gasteiger partial charge in [-0.15, -0.1) is 0 Å². The summed E-state index contributed by atoms with van der Waals surface area (Å²) in [5.41, 5.74) is 8.29. The van der Waals surface area contributed by atoms with Gasteiger partial charge in [-0.3, -0.25) is 0 Å². The maximum absolute atomic E-state index is 12.9. The summed E-state index contributed by atoms with van der Waals surface area (Å²) >= 11 is 0. The van der Waals surface area contributed by atoms with Crippen LogP contribution in [0.2, 0.25) is 0 Å². The normalized spacial score (nSPS) is 17.0. The van der Waals surface area contributed by atoms with Gasteiger partial charge in [-0.2, -0.15) is 4.31 Å². The maximum atomic E-state index is 12.9. The standard InChI is InChI=1S/C15H24N2O2S/c1-4-17(13-7-5-6-8-13)20(18,19)15-10-12(3)11(2)9-14(15)16/h9-10,13H,4-8,16H2,1-3H3. The highest BCUT2D eigenvalue weighted by molar-refractivity contribution is 7.89. The Bertz CT molecular complexity index is 590. The fourth-order valence-corrected chi connectivity index (χ4v) is 4.86. The largest absolute Gasteiger partial charge is 0.398 e. The van der Waals surface area contributed by atoms with Gasteiger partial charge in [0.25, 0.3) is 0 Å². The average molecular weight is 296 g/mol. The van der Waals surface area contributed by atoms with E-state index in [0.717, 1.165) is 36.8 Å². The fourth-order valence-electron chi connectivity index (χ4n) is 2.98. The summed E-state index contributed by atoms with van der Waals surface area (Å²) in [6.07, 6.45) is 4.13. The summed E-state index contributed by atoms with van der Waals surface area (Å²) in [7, 11) is -3.50. The van der Waals surface area contributed by atoms with E-state index in [2.05, 4.69) is 0 Å². The highest BCUT2D eigenvalue weighted by Crippen LogP contribution is 2.31. The molecule has 1 aliphatic carbocycles. The van der Waals surface area contributed by atoms with Gasteiger partial charge in [0, 0.05) is 12.6 Å². The van der Waals surface area contributed by atoms with Crippen LogP contribution in [0.1, 0.15) is 43.7 Å². The molecule has 0 radical (unpaired) electrons. The lowest BCUT2D eigenvalue weighted by Gasteiger charge is -2.27. The third kappa shape index (κ3) is 2.69. The van der Waals surface area contributed by atoms with Crippen molar-refractivity contribution >= 4 is 15.7 Å². The molecule has 2 N–H and O–H groups in total. The predicted octanol–water partition coefficient (Wildman–Crippen LogP) is 2.84. The summed E-state index contributed by atoms with van der Waals surface area (Å²) < 4.78 is 27.4. The lowest BCUT2D eigenvalue weighted by Crippen LogP contribution is -2.38. The molecule has 1 aliphatic rings. The van der Waals surface area contributed by atoms with Gasteiger partial charge in [-0.25, -0.2) is 8.42 Å². The fraction of sp³-hybridized carbons (Fsp3) is 0.600. The summed E-state index contributed by atoms with van der Waals surface area (Å²) in [6, 6.07) is 3.59. The second-order valence-electron chi connectivity index (χ2n) is 5.62. The molecular weight excluding hydrogens is 272 g/mol. The van der Waals surface area contributed by atoms with Crippen LogP contribution >= 0.6 is 0 Å². The molecule has 0 spiro atoms. The van der Waals surface area contributed by atoms with Crippen LogP contribution in [0.4, 0.5) is 5.69 Å². The molecule has 1 saturated carbocycles. The Balaban J connectivity index is 2.45. The van der Waals surface area contributed by atoms with E-state index in [1.54, 1.807) is 16.4 Å². The van der Waals surface area contributed by atoms with Crippen LogP contribution in [0.5, 0.6) is 0 Å². The minimum atomic E-state index is -3.50. The van der Waals surface area contributed by atoms with Crippen molar-refractivity contribution in [2.75, 3.05) is 12.3 Å². The average Bonchev–Trinajstić information content (AvgIpc) is 2.87. The van der Waals surface area contributed by atoms with Crippen LogP contribution in [0, 0.1) is 13.8 Å². The van der Waals surface area contributed by atoms with Crippen molar-refractivity contribution in [3.05, 3.63) is 23.3 Å². The van der Waals surface area contributed by atoms with Crippen LogP contribution in [0.3, 0.4) is 0 Å². The third-order valence-corrected chi connectivity index (χ3v) is 6.34. The van der Waals surface area contributed by atoms with Gasteiger partial charge in [-0.05, 0) is 49.9 Å². The molecule has 0 heterocycles. The molecule has 0 unspecified atom stereocenters. The first-order valence-corrected chi connectivity index (χ1v) is 8.70. The molecule has 0 amide bonds. The highest BCUT2D eigenvalue weighted by atomic mass is 32.2. The van der Waals surface area contributed by atoms with E-state index in [1.165, 1.54) is 0 Å². The van der Waals surface area contributed by atoms with Crippen molar-refractivity contribution < 1.29 is 8.42 Å². The SMILES string of the molecule is CCN(C1CCCC1)S(=O)(=O)c1cc(C)c(C)cc1N. The molecule has 1 aromatic carbocycles. The molecule has 4 nitrogen and oxygen atoms in total. The monoisotopic (exact) mass is 296 g/mol. The van der Waals surface area contributed by atoms with Gasteiger partial charge in [0.15, 0.2) is 0 Å². The number of sulfonamides is 1. The smallest absolute Gasteiger partial charge is 0.245 e. The number of hydrogen-bond acceptors (Lipinski definition) is 3. The van der Waals surface area contributed by atoms with Gasteiger partial charge in [0.2, 0.25) is 10.0 Å². The van der Waals surface area contributed by atoms with Crippen molar-refractivity contribution in [2.45, 2.75) is 57.4 Å². The molecule has 0 aliphatic heterocycles. The Morgan fingerprint density at radius 1 is 1.20 bits per heavy atom. The highest BCUT2D eigenvalue weighted by Gasteiger charge is 2.33. The number of rotatable bonds is 4. The number of aryl methyl sites for hydroxylation is 2. The molecule has 112 valence electrons. The Morgan fingerprint density at radius 2 is 1.75 bits per heavy atom. The van der Waals surface area contributed by atoms with Crippen LogP contribution < -0.4 is 5.73 Å². The van der Waals surface area contributed by atoms with Crippen molar-refractivity contribution in [3.63, 3.8) is 0 Å². The quantitative estimate of drug-likeness (QED) is 0.869. The zero-order chi connectivity index (χ0) is 14.9. The summed E-state index contributed by atoms with van der Waals surface area (Å²) in [5, 5.41) is 0. The van der Waals surface area contributed by atoms with Crippen molar-refractivity contribution in [3.8, 4) is 0 Å². The molecule has 2 rings (SSSR count). The van der Waals surface area contributed by atoms with E-state index in [4.69, 9.17) is 5.73 Å². The minimum Gasteiger partial charge on any atom is -0.398 e. The van der Waals surface area contributed by atoms with E-state index in [-0.39, 0.29) is 10.9 Å². The second kappa shape index (κ2) is 5.74. The van der Waals surface area contributed by atoms with Crippen LogP contribution in [0.25, 0.3) is 0 Å². The number of benzene rings is 1. The number of hydrogen-bond donors (Lipinski definition) is 1. The molecule has 0 aromatic heterocycles. The lowest BCUT2D eigenvalue weighted by atomic mass is 10.1. The first-order valence-electron chi connectivity index (χ1n) is 7.26. The van der Waals surface area contributed by atoms with Gasteiger partial charge < -0.3 is 5.73 Å². The number of nitrogens with two attached hydrogens (primary N) is 1. The maximum Gasteiger partial charge on any atom is 0.245 e. The molecular formula is C15H24N2O2S. The lowest BCUT2D eigenvalue weighted by molar-refractivity contribution is 0.335. The van der Waals surface area contributed by atoms with E-state index in [0.29, 0.717) is 12.2 Å². The van der Waals surface area contributed by atoms with E-state index in [9.17, 15) is 8.42 Å². The zero-order valence-electron chi connectivity index (χ0n) is 12.5. The first-order chi connectivity index (χ1) is 9.37. The molecule has 5 heteroatoms. The summed E-state index contributed by atoms with van der Waals surface area (Å²) in [4.78, 5) is 0.259. The third-order valence-electron chi connectivity index (χ3n) is 4.26. The molecule has 0 saturated heterocycles. The van der Waals surface area contributed by atoms with Crippen LogP contribution in [-0.2, 0) is 10.0 Å². The number of nitrogens with zero attached hydrogens (tertiary/aromatic N) is 1.